The Morgan fingerprint density at radius 2 is 2.20 bits per heavy atom. The number of carbonyl (C=O) groups is 1. The Morgan fingerprint density at radius 1 is 1.40 bits per heavy atom. The second-order valence-electron chi connectivity index (χ2n) is 5.66. The van der Waals surface area contributed by atoms with Gasteiger partial charge in [-0.15, -0.1) is 0 Å². The maximum absolute atomic E-state index is 12.7. The number of nitrogens with zero attached hydrogens (tertiary/aromatic N) is 1. The Hall–Kier alpha value is -1.51. The van der Waals surface area contributed by atoms with Gasteiger partial charge < -0.3 is 10.2 Å². The summed E-state index contributed by atoms with van der Waals surface area (Å²) in [6, 6.07) is 6.40. The van der Waals surface area contributed by atoms with E-state index in [2.05, 4.69) is 32.2 Å². The zero-order valence-electron chi connectivity index (χ0n) is 12.9. The summed E-state index contributed by atoms with van der Waals surface area (Å²) in [4.78, 5) is 14.8. The van der Waals surface area contributed by atoms with Crippen molar-refractivity contribution >= 4 is 11.6 Å². The molecular formula is C17H26N2O. The smallest absolute Gasteiger partial charge is 0.254 e. The molecule has 0 radical (unpaired) electrons. The molecule has 0 saturated carbocycles. The Labute approximate surface area is 122 Å². The fraction of sp³-hybridized carbons (Fsp3) is 0.588. The largest absolute Gasteiger partial charge is 0.384 e. The molecule has 1 aromatic rings. The van der Waals surface area contributed by atoms with Crippen LogP contribution < -0.4 is 5.32 Å². The van der Waals surface area contributed by atoms with Crippen molar-refractivity contribution in [2.45, 2.75) is 52.5 Å². The van der Waals surface area contributed by atoms with Gasteiger partial charge in [0.25, 0.3) is 5.91 Å². The summed E-state index contributed by atoms with van der Waals surface area (Å²) in [5, 5.41) is 3.35. The lowest BCUT2D eigenvalue weighted by molar-refractivity contribution is 0.0685. The minimum atomic E-state index is 0.171. The second kappa shape index (κ2) is 6.78. The summed E-state index contributed by atoms with van der Waals surface area (Å²) in [5.41, 5.74) is 3.27. The van der Waals surface area contributed by atoms with Crippen molar-refractivity contribution in [2.24, 2.45) is 0 Å². The first kappa shape index (κ1) is 14.9. The lowest BCUT2D eigenvalue weighted by Gasteiger charge is -2.29. The van der Waals surface area contributed by atoms with Crippen LogP contribution in [0.5, 0.6) is 0 Å². The molecular weight excluding hydrogens is 248 g/mol. The van der Waals surface area contributed by atoms with Crippen molar-refractivity contribution in [3.63, 3.8) is 0 Å². The number of amides is 1. The SMILES string of the molecule is CCCCN(C(=O)c1ccc2c(c1)NCC2)C(C)CC. The third-order valence-electron chi connectivity index (χ3n) is 4.20. The van der Waals surface area contributed by atoms with E-state index in [9.17, 15) is 4.79 Å². The van der Waals surface area contributed by atoms with E-state index in [1.54, 1.807) is 0 Å². The zero-order valence-corrected chi connectivity index (χ0v) is 12.9. The van der Waals surface area contributed by atoms with E-state index in [0.717, 1.165) is 50.0 Å². The number of fused-ring (bicyclic) bond motifs is 1. The number of unbranched alkanes of at least 4 members (excludes halogenated alkanes) is 1. The maximum Gasteiger partial charge on any atom is 0.254 e. The molecule has 1 aromatic carbocycles. The summed E-state index contributed by atoms with van der Waals surface area (Å²) in [5.74, 6) is 0.171. The molecule has 2 rings (SSSR count). The number of benzene rings is 1. The van der Waals surface area contributed by atoms with Crippen LogP contribution in [0.1, 0.15) is 56.0 Å². The van der Waals surface area contributed by atoms with Crippen molar-refractivity contribution in [1.82, 2.24) is 4.90 Å². The Balaban J connectivity index is 2.18. The predicted octanol–water partition coefficient (Wildman–Crippen LogP) is 3.70. The van der Waals surface area contributed by atoms with Gasteiger partial charge >= 0.3 is 0 Å². The molecule has 1 heterocycles. The molecule has 110 valence electrons. The molecule has 1 aliphatic heterocycles. The van der Waals surface area contributed by atoms with E-state index in [1.807, 2.05) is 17.0 Å². The van der Waals surface area contributed by atoms with Gasteiger partial charge in [-0.05, 0) is 43.9 Å². The quantitative estimate of drug-likeness (QED) is 0.858. The average molecular weight is 274 g/mol. The van der Waals surface area contributed by atoms with Gasteiger partial charge in [0.15, 0.2) is 0 Å². The summed E-state index contributed by atoms with van der Waals surface area (Å²) < 4.78 is 0. The summed E-state index contributed by atoms with van der Waals surface area (Å²) in [7, 11) is 0. The van der Waals surface area contributed by atoms with Crippen LogP contribution in [0.4, 0.5) is 5.69 Å². The van der Waals surface area contributed by atoms with E-state index in [4.69, 9.17) is 0 Å². The molecule has 20 heavy (non-hydrogen) atoms. The molecule has 1 amide bonds. The number of rotatable bonds is 6. The van der Waals surface area contributed by atoms with E-state index < -0.39 is 0 Å². The first-order valence-corrected chi connectivity index (χ1v) is 7.85. The van der Waals surface area contributed by atoms with Gasteiger partial charge in [0.05, 0.1) is 0 Å². The highest BCUT2D eigenvalue weighted by molar-refractivity contribution is 5.95. The fourth-order valence-corrected chi connectivity index (χ4v) is 2.66. The number of hydrogen-bond acceptors (Lipinski definition) is 2. The highest BCUT2D eigenvalue weighted by Gasteiger charge is 2.21. The minimum Gasteiger partial charge on any atom is -0.384 e. The summed E-state index contributed by atoms with van der Waals surface area (Å²) in [6.07, 6.45) is 4.25. The average Bonchev–Trinajstić information content (AvgIpc) is 2.94. The van der Waals surface area contributed by atoms with Crippen molar-refractivity contribution in [3.05, 3.63) is 29.3 Å². The lowest BCUT2D eigenvalue weighted by Crippen LogP contribution is -2.39. The Morgan fingerprint density at radius 3 is 2.90 bits per heavy atom. The maximum atomic E-state index is 12.7. The van der Waals surface area contributed by atoms with Crippen molar-refractivity contribution in [2.75, 3.05) is 18.4 Å². The molecule has 1 atom stereocenters. The van der Waals surface area contributed by atoms with Gasteiger partial charge in [0.1, 0.15) is 0 Å². The molecule has 0 fully saturated rings. The van der Waals surface area contributed by atoms with Crippen LogP contribution in [-0.2, 0) is 6.42 Å². The van der Waals surface area contributed by atoms with Crippen LogP contribution in [0.2, 0.25) is 0 Å². The molecule has 0 aliphatic carbocycles. The summed E-state index contributed by atoms with van der Waals surface area (Å²) in [6.45, 7) is 8.28. The fourth-order valence-electron chi connectivity index (χ4n) is 2.66. The van der Waals surface area contributed by atoms with Crippen molar-refractivity contribution < 1.29 is 4.79 Å². The standard InChI is InChI=1S/C17H26N2O/c1-4-6-11-19(13(3)5-2)17(20)15-8-7-14-9-10-18-16(14)12-15/h7-8,12-13,18H,4-6,9-11H2,1-3H3. The van der Waals surface area contributed by atoms with Crippen LogP contribution in [0.25, 0.3) is 0 Å². The van der Waals surface area contributed by atoms with E-state index in [0.29, 0.717) is 6.04 Å². The van der Waals surface area contributed by atoms with Gasteiger partial charge in [-0.2, -0.15) is 0 Å². The van der Waals surface area contributed by atoms with Crippen molar-refractivity contribution in [1.29, 1.82) is 0 Å². The third-order valence-corrected chi connectivity index (χ3v) is 4.20. The monoisotopic (exact) mass is 274 g/mol. The number of nitrogens with one attached hydrogen (secondary N) is 1. The van der Waals surface area contributed by atoms with E-state index in [1.165, 1.54) is 5.56 Å². The Kier molecular flexibility index (Phi) is 5.05. The number of carbonyl (C=O) groups excluding carboxylic acids is 1. The number of anilines is 1. The molecule has 0 bridgehead atoms. The first-order chi connectivity index (χ1) is 9.67. The molecule has 0 saturated heterocycles. The Bertz CT molecular complexity index is 470. The van der Waals surface area contributed by atoms with E-state index in [-0.39, 0.29) is 5.91 Å². The van der Waals surface area contributed by atoms with Gasteiger partial charge in [-0.1, -0.05) is 26.3 Å². The molecule has 1 aliphatic rings. The zero-order chi connectivity index (χ0) is 14.5. The minimum absolute atomic E-state index is 0.171. The molecule has 3 nitrogen and oxygen atoms in total. The van der Waals surface area contributed by atoms with Crippen LogP contribution >= 0.6 is 0 Å². The molecule has 1 N–H and O–H groups in total. The van der Waals surface area contributed by atoms with Crippen LogP contribution in [-0.4, -0.2) is 29.9 Å². The van der Waals surface area contributed by atoms with Gasteiger partial charge in [0, 0.05) is 30.4 Å². The van der Waals surface area contributed by atoms with Gasteiger partial charge in [0.2, 0.25) is 0 Å². The predicted molar refractivity (Wildman–Crippen MR) is 84.3 cm³/mol. The highest BCUT2D eigenvalue weighted by atomic mass is 16.2. The van der Waals surface area contributed by atoms with Gasteiger partial charge in [-0.25, -0.2) is 0 Å². The normalized spacial score (nSPS) is 14.6. The van der Waals surface area contributed by atoms with Crippen LogP contribution in [0, 0.1) is 0 Å². The lowest BCUT2D eigenvalue weighted by atomic mass is 10.1. The number of hydrogen-bond donors (Lipinski definition) is 1. The highest BCUT2D eigenvalue weighted by Crippen LogP contribution is 2.24. The first-order valence-electron chi connectivity index (χ1n) is 7.85. The van der Waals surface area contributed by atoms with E-state index >= 15 is 0 Å². The molecule has 0 spiro atoms. The van der Waals surface area contributed by atoms with Crippen LogP contribution in [0.15, 0.2) is 18.2 Å². The van der Waals surface area contributed by atoms with Crippen molar-refractivity contribution in [3.8, 4) is 0 Å². The molecule has 0 aromatic heterocycles. The van der Waals surface area contributed by atoms with Gasteiger partial charge in [-0.3, -0.25) is 4.79 Å². The van der Waals surface area contributed by atoms with Crippen LogP contribution in [0.3, 0.4) is 0 Å². The molecule has 3 heteroatoms. The molecule has 1 unspecified atom stereocenters. The summed E-state index contributed by atoms with van der Waals surface area (Å²) >= 11 is 0. The second-order valence-corrected chi connectivity index (χ2v) is 5.66. The third kappa shape index (κ3) is 3.14. The topological polar surface area (TPSA) is 32.3 Å².